The molecule has 0 unspecified atom stereocenters. The molecule has 1 heterocycles. The summed E-state index contributed by atoms with van der Waals surface area (Å²) in [5, 5.41) is 0.547. The first kappa shape index (κ1) is 15.6. The summed E-state index contributed by atoms with van der Waals surface area (Å²) < 4.78 is 32.7. The van der Waals surface area contributed by atoms with Crippen LogP contribution in [0.3, 0.4) is 0 Å². The van der Waals surface area contributed by atoms with Gasteiger partial charge in [-0.3, -0.25) is 0 Å². The van der Waals surface area contributed by atoms with E-state index in [1.54, 1.807) is 7.11 Å². The van der Waals surface area contributed by atoms with Gasteiger partial charge < -0.3 is 15.4 Å². The minimum absolute atomic E-state index is 0.0547. The van der Waals surface area contributed by atoms with Crippen molar-refractivity contribution in [1.82, 2.24) is 4.37 Å². The second kappa shape index (κ2) is 5.90. The van der Waals surface area contributed by atoms with Crippen molar-refractivity contribution in [3.63, 3.8) is 0 Å². The number of ether oxygens (including phenoxy) is 1. The Bertz CT molecular complexity index is 724. The highest BCUT2D eigenvalue weighted by atomic mass is 32.2. The van der Waals surface area contributed by atoms with Crippen molar-refractivity contribution in [2.45, 2.75) is 11.4 Å². The Balaban J connectivity index is 2.26. The van der Waals surface area contributed by atoms with Crippen LogP contribution in [0.5, 0.6) is 5.75 Å². The third-order valence-electron chi connectivity index (χ3n) is 2.95. The van der Waals surface area contributed by atoms with E-state index in [1.165, 1.54) is 0 Å². The molecule has 21 heavy (non-hydrogen) atoms. The van der Waals surface area contributed by atoms with E-state index < -0.39 is 9.84 Å². The molecule has 114 valence electrons. The van der Waals surface area contributed by atoms with E-state index in [9.17, 15) is 8.42 Å². The smallest absolute Gasteiger partial charge is 0.182 e. The predicted molar refractivity (Wildman–Crippen MR) is 84.7 cm³/mol. The van der Waals surface area contributed by atoms with E-state index in [0.29, 0.717) is 11.5 Å². The van der Waals surface area contributed by atoms with Gasteiger partial charge in [0.25, 0.3) is 0 Å². The number of hydrogen-bond donors (Lipinski definition) is 1. The van der Waals surface area contributed by atoms with Crippen LogP contribution in [0.15, 0.2) is 29.2 Å². The van der Waals surface area contributed by atoms with Crippen LogP contribution in [0.1, 0.15) is 5.56 Å². The Labute approximate surface area is 128 Å². The summed E-state index contributed by atoms with van der Waals surface area (Å²) in [6.45, 7) is 0.550. The van der Waals surface area contributed by atoms with E-state index in [2.05, 4.69) is 4.37 Å². The minimum atomic E-state index is -3.41. The summed E-state index contributed by atoms with van der Waals surface area (Å²) >= 11 is 1.09. The molecule has 0 amide bonds. The highest BCUT2D eigenvalue weighted by molar-refractivity contribution is 7.91. The van der Waals surface area contributed by atoms with Crippen molar-refractivity contribution in [2.24, 2.45) is 0 Å². The summed E-state index contributed by atoms with van der Waals surface area (Å²) in [5.41, 5.74) is 6.71. The Hall–Kier alpha value is -1.80. The van der Waals surface area contributed by atoms with Gasteiger partial charge >= 0.3 is 0 Å². The molecule has 0 saturated heterocycles. The second-order valence-corrected chi connectivity index (χ2v) is 7.38. The van der Waals surface area contributed by atoms with Gasteiger partial charge in [0.1, 0.15) is 15.6 Å². The number of benzene rings is 1. The number of hydrogen-bond acceptors (Lipinski definition) is 7. The minimum Gasteiger partial charge on any atom is -0.497 e. The molecule has 1 aromatic heterocycles. The molecule has 0 atom stereocenters. The molecule has 0 bridgehead atoms. The average molecular weight is 327 g/mol. The summed E-state index contributed by atoms with van der Waals surface area (Å²) in [7, 11) is 0.0146. The van der Waals surface area contributed by atoms with Crippen LogP contribution in [0.4, 0.5) is 10.8 Å². The fraction of sp³-hybridized carbons (Fsp3) is 0.308. The molecule has 2 aromatic rings. The number of anilines is 2. The van der Waals surface area contributed by atoms with Gasteiger partial charge in [-0.15, -0.1) is 0 Å². The van der Waals surface area contributed by atoms with E-state index in [0.717, 1.165) is 29.1 Å². The molecule has 0 aliphatic carbocycles. The largest absolute Gasteiger partial charge is 0.497 e. The highest BCUT2D eigenvalue weighted by Gasteiger charge is 2.23. The van der Waals surface area contributed by atoms with Gasteiger partial charge in [0, 0.05) is 19.8 Å². The summed E-state index contributed by atoms with van der Waals surface area (Å²) in [4.78, 5) is 1.93. The summed E-state index contributed by atoms with van der Waals surface area (Å²) in [5.74, 6) is 0.833. The van der Waals surface area contributed by atoms with Gasteiger partial charge in [0.2, 0.25) is 0 Å². The lowest BCUT2D eigenvalue weighted by Gasteiger charge is -2.18. The third kappa shape index (κ3) is 3.45. The standard InChI is InChI=1S/C13H17N3O3S2/c1-16(8-9-4-6-10(19-2)7-5-9)13-11(21(3,17)18)12(14)15-20-13/h4-7H,8H2,1-3H3,(H2,14,15). The van der Waals surface area contributed by atoms with Gasteiger partial charge in [0.15, 0.2) is 15.7 Å². The zero-order chi connectivity index (χ0) is 15.6. The van der Waals surface area contributed by atoms with Gasteiger partial charge in [-0.25, -0.2) is 8.42 Å². The van der Waals surface area contributed by atoms with Crippen LogP contribution < -0.4 is 15.4 Å². The van der Waals surface area contributed by atoms with E-state index in [-0.39, 0.29) is 10.7 Å². The fourth-order valence-corrected chi connectivity index (χ4v) is 4.14. The Morgan fingerprint density at radius 3 is 2.48 bits per heavy atom. The monoisotopic (exact) mass is 327 g/mol. The van der Waals surface area contributed by atoms with Crippen molar-refractivity contribution in [1.29, 1.82) is 0 Å². The molecule has 0 radical (unpaired) electrons. The molecule has 8 heteroatoms. The maximum atomic E-state index is 11.8. The quantitative estimate of drug-likeness (QED) is 0.901. The number of nitrogens with two attached hydrogens (primary N) is 1. The van der Waals surface area contributed by atoms with Gasteiger partial charge in [-0.1, -0.05) is 12.1 Å². The fourth-order valence-electron chi connectivity index (χ4n) is 1.95. The Morgan fingerprint density at radius 1 is 1.33 bits per heavy atom. The molecule has 1 aromatic carbocycles. The maximum Gasteiger partial charge on any atom is 0.182 e. The highest BCUT2D eigenvalue weighted by Crippen LogP contribution is 2.34. The molecule has 0 aliphatic heterocycles. The van der Waals surface area contributed by atoms with E-state index in [1.807, 2.05) is 36.2 Å². The number of nitrogen functional groups attached to an aromatic ring is 1. The summed E-state index contributed by atoms with van der Waals surface area (Å²) in [6.07, 6.45) is 1.14. The normalized spacial score (nSPS) is 11.4. The first-order chi connectivity index (χ1) is 9.82. The first-order valence-corrected chi connectivity index (χ1v) is 8.78. The molecular formula is C13H17N3O3S2. The SMILES string of the molecule is COc1ccc(CN(C)c2snc(N)c2S(C)(=O)=O)cc1. The predicted octanol–water partition coefficient (Wildman–Crippen LogP) is 1.77. The van der Waals surface area contributed by atoms with Crippen LogP contribution in [-0.2, 0) is 16.4 Å². The molecular weight excluding hydrogens is 310 g/mol. The average Bonchev–Trinajstić information content (AvgIpc) is 2.81. The molecule has 0 fully saturated rings. The third-order valence-corrected chi connectivity index (χ3v) is 5.20. The molecule has 0 aliphatic rings. The lowest BCUT2D eigenvalue weighted by molar-refractivity contribution is 0.414. The van der Waals surface area contributed by atoms with Crippen molar-refractivity contribution < 1.29 is 13.2 Å². The van der Waals surface area contributed by atoms with Crippen molar-refractivity contribution >= 4 is 32.2 Å². The molecule has 0 spiro atoms. The second-order valence-electron chi connectivity index (χ2n) is 4.68. The Kier molecular flexibility index (Phi) is 4.38. The summed E-state index contributed by atoms with van der Waals surface area (Å²) in [6, 6.07) is 7.59. The number of methoxy groups -OCH3 is 1. The molecule has 2 N–H and O–H groups in total. The number of rotatable bonds is 5. The zero-order valence-corrected chi connectivity index (χ0v) is 13.7. The van der Waals surface area contributed by atoms with Crippen molar-refractivity contribution in [2.75, 3.05) is 31.0 Å². The zero-order valence-electron chi connectivity index (χ0n) is 12.0. The van der Waals surface area contributed by atoms with Crippen LogP contribution >= 0.6 is 11.5 Å². The van der Waals surface area contributed by atoms with E-state index in [4.69, 9.17) is 10.5 Å². The lowest BCUT2D eigenvalue weighted by atomic mass is 10.2. The maximum absolute atomic E-state index is 11.8. The molecule has 6 nitrogen and oxygen atoms in total. The van der Waals surface area contributed by atoms with Crippen molar-refractivity contribution in [3.8, 4) is 5.75 Å². The van der Waals surface area contributed by atoms with E-state index >= 15 is 0 Å². The van der Waals surface area contributed by atoms with Crippen molar-refractivity contribution in [3.05, 3.63) is 29.8 Å². The Morgan fingerprint density at radius 2 is 1.95 bits per heavy atom. The van der Waals surface area contributed by atoms with Crippen LogP contribution in [0, 0.1) is 0 Å². The van der Waals surface area contributed by atoms with Crippen LogP contribution in [0.2, 0.25) is 0 Å². The lowest BCUT2D eigenvalue weighted by Crippen LogP contribution is -2.17. The number of sulfone groups is 1. The van der Waals surface area contributed by atoms with Gasteiger partial charge in [-0.2, -0.15) is 4.37 Å². The number of nitrogens with zero attached hydrogens (tertiary/aromatic N) is 2. The first-order valence-electron chi connectivity index (χ1n) is 6.12. The molecule has 2 rings (SSSR count). The topological polar surface area (TPSA) is 85.5 Å². The molecule has 0 saturated carbocycles. The van der Waals surface area contributed by atoms with Crippen LogP contribution in [0.25, 0.3) is 0 Å². The van der Waals surface area contributed by atoms with Gasteiger partial charge in [-0.05, 0) is 29.2 Å². The van der Waals surface area contributed by atoms with Gasteiger partial charge in [0.05, 0.1) is 7.11 Å². The number of aromatic nitrogens is 1. The van der Waals surface area contributed by atoms with Crippen LogP contribution in [-0.4, -0.2) is 33.2 Å².